The Hall–Kier alpha value is -2.75. The molecule has 31 heavy (non-hydrogen) atoms. The van der Waals surface area contributed by atoms with Crippen molar-refractivity contribution in [3.63, 3.8) is 0 Å². The Morgan fingerprint density at radius 1 is 1.16 bits per heavy atom. The van der Waals surface area contributed by atoms with E-state index in [9.17, 15) is 26.7 Å². The van der Waals surface area contributed by atoms with Gasteiger partial charge >= 0.3 is 12.1 Å². The fourth-order valence-corrected chi connectivity index (χ4v) is 3.17. The summed E-state index contributed by atoms with van der Waals surface area (Å²) in [5, 5.41) is 0.390. The zero-order valence-corrected chi connectivity index (χ0v) is 16.6. The van der Waals surface area contributed by atoms with Crippen LogP contribution in [0.2, 0.25) is 5.02 Å². The summed E-state index contributed by atoms with van der Waals surface area (Å²) in [6, 6.07) is 8.59. The summed E-state index contributed by atoms with van der Waals surface area (Å²) in [5.74, 6) is -4.41. The Labute approximate surface area is 178 Å². The van der Waals surface area contributed by atoms with E-state index in [1.165, 1.54) is 23.1 Å². The summed E-state index contributed by atoms with van der Waals surface area (Å²) < 4.78 is 79.4. The predicted octanol–water partition coefficient (Wildman–Crippen LogP) is 5.29. The molecule has 5 nitrogen and oxygen atoms in total. The maximum absolute atomic E-state index is 12.9. The SMILES string of the molecule is O=c1cc(OCCCC(F)(F)C(F)(F)F)ccn1C(C1=COCO1)c1ccccc1Cl. The lowest BCUT2D eigenvalue weighted by Crippen LogP contribution is -2.36. The van der Waals surface area contributed by atoms with Crippen LogP contribution >= 0.6 is 11.6 Å². The van der Waals surface area contributed by atoms with Crippen molar-refractivity contribution >= 4 is 11.6 Å². The highest BCUT2D eigenvalue weighted by Gasteiger charge is 2.56. The summed E-state index contributed by atoms with van der Waals surface area (Å²) in [4.78, 5) is 12.7. The Morgan fingerprint density at radius 2 is 1.90 bits per heavy atom. The number of ether oxygens (including phenoxy) is 3. The molecule has 1 aromatic carbocycles. The van der Waals surface area contributed by atoms with Gasteiger partial charge in [0.1, 0.15) is 18.1 Å². The van der Waals surface area contributed by atoms with Crippen LogP contribution in [0.25, 0.3) is 0 Å². The molecule has 168 valence electrons. The smallest absolute Gasteiger partial charge is 0.453 e. The Morgan fingerprint density at radius 3 is 2.52 bits per heavy atom. The number of benzene rings is 1. The van der Waals surface area contributed by atoms with E-state index in [0.29, 0.717) is 16.3 Å². The van der Waals surface area contributed by atoms with Crippen molar-refractivity contribution in [2.75, 3.05) is 13.4 Å². The molecule has 0 bridgehead atoms. The monoisotopic (exact) mass is 465 g/mol. The molecule has 1 aromatic heterocycles. The number of rotatable bonds is 8. The van der Waals surface area contributed by atoms with E-state index in [0.717, 1.165) is 6.07 Å². The van der Waals surface area contributed by atoms with Gasteiger partial charge < -0.3 is 18.8 Å². The van der Waals surface area contributed by atoms with Gasteiger partial charge in [-0.2, -0.15) is 22.0 Å². The van der Waals surface area contributed by atoms with Crippen molar-refractivity contribution in [2.45, 2.75) is 31.0 Å². The molecule has 0 radical (unpaired) electrons. The molecule has 1 aliphatic heterocycles. The van der Waals surface area contributed by atoms with Gasteiger partial charge in [-0.25, -0.2) is 0 Å². The van der Waals surface area contributed by atoms with E-state index in [4.69, 9.17) is 25.8 Å². The number of allylic oxidation sites excluding steroid dienone is 1. The van der Waals surface area contributed by atoms with Crippen LogP contribution in [0.4, 0.5) is 22.0 Å². The Bertz CT molecular complexity index is 1010. The van der Waals surface area contributed by atoms with Crippen molar-refractivity contribution in [3.8, 4) is 5.75 Å². The number of hydrogen-bond donors (Lipinski definition) is 0. The third-order valence-corrected chi connectivity index (χ3v) is 4.82. The molecule has 1 aliphatic rings. The van der Waals surface area contributed by atoms with Gasteiger partial charge in [0, 0.05) is 29.3 Å². The number of alkyl halides is 5. The first kappa shape index (κ1) is 22.9. The van der Waals surface area contributed by atoms with E-state index in [1.807, 2.05) is 0 Å². The third kappa shape index (κ3) is 5.30. The van der Waals surface area contributed by atoms with Crippen molar-refractivity contribution in [1.29, 1.82) is 0 Å². The third-order valence-electron chi connectivity index (χ3n) is 4.48. The summed E-state index contributed by atoms with van der Waals surface area (Å²) in [6.07, 6.45) is -4.81. The predicted molar refractivity (Wildman–Crippen MR) is 101 cm³/mol. The number of aromatic nitrogens is 1. The van der Waals surface area contributed by atoms with Gasteiger partial charge in [-0.15, -0.1) is 0 Å². The largest absolute Gasteiger partial charge is 0.493 e. The van der Waals surface area contributed by atoms with Crippen LogP contribution in [0, 0.1) is 0 Å². The van der Waals surface area contributed by atoms with E-state index < -0.39 is 43.1 Å². The molecule has 2 aromatic rings. The Kier molecular flexibility index (Phi) is 6.78. The molecule has 3 rings (SSSR count). The highest BCUT2D eigenvalue weighted by atomic mass is 35.5. The van der Waals surface area contributed by atoms with Crippen molar-refractivity contribution in [2.24, 2.45) is 0 Å². The molecule has 0 amide bonds. The molecule has 2 heterocycles. The van der Waals surface area contributed by atoms with Crippen LogP contribution < -0.4 is 10.3 Å². The highest BCUT2D eigenvalue weighted by Crippen LogP contribution is 2.39. The average molecular weight is 466 g/mol. The minimum absolute atomic E-state index is 0.0191. The van der Waals surface area contributed by atoms with Crippen LogP contribution in [-0.4, -0.2) is 30.1 Å². The van der Waals surface area contributed by atoms with Gasteiger partial charge in [0.15, 0.2) is 5.76 Å². The van der Waals surface area contributed by atoms with Gasteiger partial charge in [0.2, 0.25) is 6.79 Å². The molecule has 0 saturated heterocycles. The summed E-state index contributed by atoms with van der Waals surface area (Å²) >= 11 is 6.28. The first-order valence-electron chi connectivity index (χ1n) is 9.08. The molecule has 1 atom stereocenters. The molecule has 0 saturated carbocycles. The number of halogens is 6. The topological polar surface area (TPSA) is 49.7 Å². The summed E-state index contributed by atoms with van der Waals surface area (Å²) in [7, 11) is 0. The second kappa shape index (κ2) is 9.17. The van der Waals surface area contributed by atoms with E-state index in [-0.39, 0.29) is 12.5 Å². The average Bonchev–Trinajstić information content (AvgIpc) is 3.22. The van der Waals surface area contributed by atoms with Crippen molar-refractivity contribution < 1.29 is 36.2 Å². The minimum Gasteiger partial charge on any atom is -0.493 e. The van der Waals surface area contributed by atoms with E-state index in [2.05, 4.69) is 0 Å². The fourth-order valence-electron chi connectivity index (χ4n) is 2.93. The Balaban J connectivity index is 1.74. The van der Waals surface area contributed by atoms with Gasteiger partial charge in [0.25, 0.3) is 5.56 Å². The maximum atomic E-state index is 12.9. The normalized spacial score (nSPS) is 15.1. The molecule has 0 aliphatic carbocycles. The lowest BCUT2D eigenvalue weighted by Gasteiger charge is -2.21. The number of pyridine rings is 1. The van der Waals surface area contributed by atoms with Gasteiger partial charge in [-0.3, -0.25) is 4.79 Å². The van der Waals surface area contributed by atoms with Crippen LogP contribution in [-0.2, 0) is 9.47 Å². The fraction of sp³-hybridized carbons (Fsp3) is 0.350. The van der Waals surface area contributed by atoms with Crippen LogP contribution in [0.5, 0.6) is 5.75 Å². The lowest BCUT2D eigenvalue weighted by molar-refractivity contribution is -0.284. The second-order valence-electron chi connectivity index (χ2n) is 6.64. The van der Waals surface area contributed by atoms with Gasteiger partial charge in [-0.05, 0) is 18.6 Å². The standard InChI is InChI=1S/C20H17ClF5NO4/c21-15-5-2-1-4-14(15)18(16-11-29-12-31-16)27-8-6-13(10-17(27)28)30-9-3-7-19(22,23)20(24,25)26/h1-2,4-6,8,10-11,18H,3,7,9,12H2. The first-order chi connectivity index (χ1) is 14.6. The maximum Gasteiger partial charge on any atom is 0.453 e. The number of hydrogen-bond acceptors (Lipinski definition) is 4. The molecular weight excluding hydrogens is 449 g/mol. The lowest BCUT2D eigenvalue weighted by atomic mass is 10.0. The molecular formula is C20H17ClF5NO4. The highest BCUT2D eigenvalue weighted by molar-refractivity contribution is 6.31. The summed E-state index contributed by atoms with van der Waals surface area (Å²) in [6.45, 7) is -0.431. The molecule has 0 spiro atoms. The molecule has 0 fully saturated rings. The minimum atomic E-state index is -5.61. The van der Waals surface area contributed by atoms with Gasteiger partial charge in [-0.1, -0.05) is 29.8 Å². The van der Waals surface area contributed by atoms with Crippen molar-refractivity contribution in [3.05, 3.63) is 75.6 Å². The van der Waals surface area contributed by atoms with Gasteiger partial charge in [0.05, 0.1) is 6.61 Å². The van der Waals surface area contributed by atoms with E-state index >= 15 is 0 Å². The molecule has 1 unspecified atom stereocenters. The first-order valence-corrected chi connectivity index (χ1v) is 9.46. The number of nitrogens with zero attached hydrogens (tertiary/aromatic N) is 1. The van der Waals surface area contributed by atoms with Crippen LogP contribution in [0.1, 0.15) is 24.4 Å². The zero-order valence-electron chi connectivity index (χ0n) is 15.9. The van der Waals surface area contributed by atoms with Crippen LogP contribution in [0.3, 0.4) is 0 Å². The quantitative estimate of drug-likeness (QED) is 0.392. The van der Waals surface area contributed by atoms with E-state index in [1.54, 1.807) is 24.3 Å². The summed E-state index contributed by atoms with van der Waals surface area (Å²) in [5.41, 5.74) is 0.0468. The molecule has 11 heteroatoms. The second-order valence-corrected chi connectivity index (χ2v) is 7.04. The zero-order chi connectivity index (χ0) is 22.6. The molecule has 0 N–H and O–H groups in total. The van der Waals surface area contributed by atoms with Crippen molar-refractivity contribution in [1.82, 2.24) is 4.57 Å². The van der Waals surface area contributed by atoms with Crippen LogP contribution in [0.15, 0.2) is 59.4 Å².